The van der Waals surface area contributed by atoms with Crippen molar-refractivity contribution in [2.24, 2.45) is 0 Å². The van der Waals surface area contributed by atoms with Gasteiger partial charge in [0.1, 0.15) is 23.0 Å². The first-order valence-corrected chi connectivity index (χ1v) is 12.2. The molecular formula is C25H23FN4O3S. The van der Waals surface area contributed by atoms with Gasteiger partial charge in [-0.25, -0.2) is 9.37 Å². The first-order chi connectivity index (χ1) is 16.2. The van der Waals surface area contributed by atoms with Crippen LogP contribution in [0.15, 0.2) is 72.8 Å². The average molecular weight is 479 g/mol. The summed E-state index contributed by atoms with van der Waals surface area (Å²) in [7, 11) is -3.95. The van der Waals surface area contributed by atoms with Crippen molar-refractivity contribution in [2.45, 2.75) is 25.9 Å². The van der Waals surface area contributed by atoms with Gasteiger partial charge in [0.15, 0.2) is 0 Å². The Labute approximate surface area is 197 Å². The van der Waals surface area contributed by atoms with Gasteiger partial charge in [0.2, 0.25) is 0 Å². The summed E-state index contributed by atoms with van der Waals surface area (Å²) in [5.41, 5.74) is 2.94. The Kier molecular flexibility index (Phi) is 5.28. The number of benzene rings is 3. The number of hydrogen-bond donors (Lipinski definition) is 3. The van der Waals surface area contributed by atoms with Gasteiger partial charge in [0.05, 0.1) is 22.6 Å². The third-order valence-electron chi connectivity index (χ3n) is 5.43. The highest BCUT2D eigenvalue weighted by molar-refractivity contribution is 7.94. The van der Waals surface area contributed by atoms with Crippen LogP contribution in [0.3, 0.4) is 0 Å². The molecule has 1 aliphatic heterocycles. The summed E-state index contributed by atoms with van der Waals surface area (Å²) in [6.07, 6.45) is 0.832. The molecule has 0 aliphatic carbocycles. The van der Waals surface area contributed by atoms with Gasteiger partial charge in [-0.2, -0.15) is 8.42 Å². The van der Waals surface area contributed by atoms with E-state index in [-0.39, 0.29) is 11.3 Å². The van der Waals surface area contributed by atoms with E-state index in [4.69, 9.17) is 4.74 Å². The molecule has 0 saturated heterocycles. The molecule has 9 heteroatoms. The van der Waals surface area contributed by atoms with Gasteiger partial charge in [-0.05, 0) is 68.4 Å². The van der Waals surface area contributed by atoms with Crippen molar-refractivity contribution in [3.8, 4) is 5.75 Å². The molecule has 174 valence electrons. The Hall–Kier alpha value is -3.85. The van der Waals surface area contributed by atoms with Crippen LogP contribution in [0.25, 0.3) is 10.9 Å². The molecule has 0 amide bonds. The van der Waals surface area contributed by atoms with Crippen molar-refractivity contribution in [3.05, 3.63) is 84.2 Å². The van der Waals surface area contributed by atoms with Crippen LogP contribution in [-0.2, 0) is 16.6 Å². The number of fused-ring (bicyclic) bond motifs is 2. The average Bonchev–Trinajstić information content (AvgIpc) is 3.10. The smallest absolute Gasteiger partial charge is 0.321 e. The number of para-hydroxylation sites is 1. The van der Waals surface area contributed by atoms with Crippen LogP contribution in [0.1, 0.15) is 19.4 Å². The number of nitrogens with zero attached hydrogens (tertiary/aromatic N) is 1. The quantitative estimate of drug-likeness (QED) is 0.336. The summed E-state index contributed by atoms with van der Waals surface area (Å²) < 4.78 is 49.3. The number of anilines is 4. The molecule has 0 bridgehead atoms. The van der Waals surface area contributed by atoms with Gasteiger partial charge >= 0.3 is 10.2 Å². The van der Waals surface area contributed by atoms with Gasteiger partial charge in [0, 0.05) is 17.4 Å². The number of nitrogens with one attached hydrogen (secondary N) is 3. The summed E-state index contributed by atoms with van der Waals surface area (Å²) in [5.74, 6) is 0.984. The van der Waals surface area contributed by atoms with Crippen LogP contribution in [0, 0.1) is 5.82 Å². The Morgan fingerprint density at radius 3 is 2.44 bits per heavy atom. The molecule has 0 atom stereocenters. The second kappa shape index (κ2) is 8.18. The normalized spacial score (nSPS) is 14.3. The minimum atomic E-state index is -3.95. The van der Waals surface area contributed by atoms with E-state index in [1.807, 2.05) is 12.1 Å². The fraction of sp³-hybridized carbons (Fsp3) is 0.160. The Bertz CT molecular complexity index is 1490. The molecule has 0 unspecified atom stereocenters. The number of hydrogen-bond acceptors (Lipinski definition) is 5. The SMILES string of the molecule is CC1(C)Cc2cccc(Nc3ccc4c(NS(=O)(=O)Nc5ccc(F)cc5)cccc4n3)c2O1. The van der Waals surface area contributed by atoms with Crippen molar-refractivity contribution in [1.29, 1.82) is 0 Å². The van der Waals surface area contributed by atoms with E-state index >= 15 is 0 Å². The maximum Gasteiger partial charge on any atom is 0.321 e. The van der Waals surface area contributed by atoms with E-state index in [1.165, 1.54) is 24.3 Å². The lowest BCUT2D eigenvalue weighted by Crippen LogP contribution is -2.24. The van der Waals surface area contributed by atoms with Gasteiger partial charge in [-0.1, -0.05) is 18.2 Å². The largest absolute Gasteiger partial charge is 0.485 e. The topological polar surface area (TPSA) is 92.3 Å². The molecular weight excluding hydrogens is 455 g/mol. The molecule has 0 saturated carbocycles. The molecule has 0 spiro atoms. The molecule has 0 radical (unpaired) electrons. The maximum atomic E-state index is 13.1. The number of pyridine rings is 1. The predicted molar refractivity (Wildman–Crippen MR) is 132 cm³/mol. The highest BCUT2D eigenvalue weighted by atomic mass is 32.2. The second-order valence-electron chi connectivity index (χ2n) is 8.74. The van der Waals surface area contributed by atoms with Crippen LogP contribution >= 0.6 is 0 Å². The third kappa shape index (κ3) is 4.60. The molecule has 2 heterocycles. The number of rotatable bonds is 6. The third-order valence-corrected chi connectivity index (χ3v) is 6.42. The van der Waals surface area contributed by atoms with E-state index < -0.39 is 16.0 Å². The highest BCUT2D eigenvalue weighted by Gasteiger charge is 2.31. The van der Waals surface area contributed by atoms with Crippen LogP contribution in [0.2, 0.25) is 0 Å². The first kappa shape index (κ1) is 22.0. The fourth-order valence-electron chi connectivity index (χ4n) is 4.01. The van der Waals surface area contributed by atoms with Crippen molar-refractivity contribution in [2.75, 3.05) is 14.8 Å². The lowest BCUT2D eigenvalue weighted by atomic mass is 10.0. The van der Waals surface area contributed by atoms with Gasteiger partial charge in [-0.15, -0.1) is 0 Å². The molecule has 0 fully saturated rings. The molecule has 3 N–H and O–H groups in total. The summed E-state index contributed by atoms with van der Waals surface area (Å²) >= 11 is 0. The Balaban J connectivity index is 1.39. The van der Waals surface area contributed by atoms with Crippen molar-refractivity contribution in [1.82, 2.24) is 4.98 Å². The molecule has 1 aliphatic rings. The van der Waals surface area contributed by atoms with E-state index in [9.17, 15) is 12.8 Å². The predicted octanol–water partition coefficient (Wildman–Crippen LogP) is 5.60. The Morgan fingerprint density at radius 1 is 0.912 bits per heavy atom. The fourth-order valence-corrected chi connectivity index (χ4v) is 4.97. The highest BCUT2D eigenvalue weighted by Crippen LogP contribution is 2.41. The van der Waals surface area contributed by atoms with E-state index in [0.717, 1.165) is 23.4 Å². The van der Waals surface area contributed by atoms with E-state index in [2.05, 4.69) is 39.7 Å². The number of halogens is 1. The zero-order valence-electron chi connectivity index (χ0n) is 18.6. The van der Waals surface area contributed by atoms with Gasteiger partial charge in [-0.3, -0.25) is 9.44 Å². The zero-order valence-corrected chi connectivity index (χ0v) is 19.4. The van der Waals surface area contributed by atoms with Crippen LogP contribution in [-0.4, -0.2) is 19.0 Å². The lowest BCUT2D eigenvalue weighted by Gasteiger charge is -2.18. The molecule has 34 heavy (non-hydrogen) atoms. The van der Waals surface area contributed by atoms with Crippen LogP contribution in [0.4, 0.5) is 27.3 Å². The maximum absolute atomic E-state index is 13.1. The number of aromatic nitrogens is 1. The number of ether oxygens (including phenoxy) is 1. The minimum absolute atomic E-state index is 0.250. The van der Waals surface area contributed by atoms with Crippen molar-refractivity contribution >= 4 is 44.0 Å². The molecule has 4 aromatic rings. The van der Waals surface area contributed by atoms with Crippen LogP contribution < -0.4 is 19.5 Å². The molecule has 5 rings (SSSR count). The standard InChI is InChI=1S/C25H23FN4O3S/c1-25(2)15-16-5-3-8-22(24(16)33-25)28-23-14-13-19-20(27-23)6-4-7-21(19)30-34(31,32)29-18-11-9-17(26)10-12-18/h3-14,29-30H,15H2,1-2H3,(H,27,28). The molecule has 7 nitrogen and oxygen atoms in total. The summed E-state index contributed by atoms with van der Waals surface area (Å²) in [5, 5.41) is 3.95. The van der Waals surface area contributed by atoms with Crippen LogP contribution in [0.5, 0.6) is 5.75 Å². The lowest BCUT2D eigenvalue weighted by molar-refractivity contribution is 0.139. The Morgan fingerprint density at radius 2 is 1.65 bits per heavy atom. The summed E-state index contributed by atoms with van der Waals surface area (Å²) in [6, 6.07) is 19.8. The monoisotopic (exact) mass is 478 g/mol. The summed E-state index contributed by atoms with van der Waals surface area (Å²) in [6.45, 7) is 4.11. The van der Waals surface area contributed by atoms with Gasteiger partial charge in [0.25, 0.3) is 0 Å². The molecule has 3 aromatic carbocycles. The minimum Gasteiger partial charge on any atom is -0.485 e. The second-order valence-corrected chi connectivity index (χ2v) is 10.2. The molecule has 1 aromatic heterocycles. The van der Waals surface area contributed by atoms with E-state index in [1.54, 1.807) is 30.3 Å². The van der Waals surface area contributed by atoms with Crippen molar-refractivity contribution in [3.63, 3.8) is 0 Å². The first-order valence-electron chi connectivity index (χ1n) is 10.7. The van der Waals surface area contributed by atoms with Crippen molar-refractivity contribution < 1.29 is 17.5 Å². The van der Waals surface area contributed by atoms with Gasteiger partial charge < -0.3 is 10.1 Å². The zero-order chi connectivity index (χ0) is 23.9. The summed E-state index contributed by atoms with van der Waals surface area (Å²) in [4.78, 5) is 4.65. The van der Waals surface area contributed by atoms with E-state index in [0.29, 0.717) is 22.4 Å².